The predicted molar refractivity (Wildman–Crippen MR) is 107 cm³/mol. The average molecular weight is 368 g/mol. The SMILES string of the molecule is CC1CCc2[nH]c3c(C(=O)NCc4csc(C(C)C)n4)cccc3c2C1. The Bertz CT molecular complexity index is 953. The van der Waals surface area contributed by atoms with Gasteiger partial charge < -0.3 is 10.3 Å². The normalized spacial score (nSPS) is 16.8. The summed E-state index contributed by atoms with van der Waals surface area (Å²) in [6, 6.07) is 6.03. The van der Waals surface area contributed by atoms with Crippen molar-refractivity contribution >= 4 is 28.1 Å². The van der Waals surface area contributed by atoms with E-state index in [0.717, 1.165) is 34.6 Å². The van der Waals surface area contributed by atoms with E-state index >= 15 is 0 Å². The largest absolute Gasteiger partial charge is 0.358 e. The van der Waals surface area contributed by atoms with Gasteiger partial charge in [-0.05, 0) is 36.8 Å². The second kappa shape index (κ2) is 6.88. The summed E-state index contributed by atoms with van der Waals surface area (Å²) in [5.41, 5.74) is 5.34. The monoisotopic (exact) mass is 367 g/mol. The first-order chi connectivity index (χ1) is 12.5. The maximum absolute atomic E-state index is 12.8. The van der Waals surface area contributed by atoms with Crippen LogP contribution in [0.25, 0.3) is 10.9 Å². The zero-order valence-corrected chi connectivity index (χ0v) is 16.4. The average Bonchev–Trinajstić information content (AvgIpc) is 3.24. The van der Waals surface area contributed by atoms with Gasteiger partial charge in [0.05, 0.1) is 28.3 Å². The number of thiazole rings is 1. The van der Waals surface area contributed by atoms with Gasteiger partial charge >= 0.3 is 0 Å². The molecule has 1 amide bonds. The molecule has 0 spiro atoms. The van der Waals surface area contributed by atoms with E-state index in [4.69, 9.17) is 0 Å². The Labute approximate surface area is 158 Å². The Kier molecular flexibility index (Phi) is 4.57. The standard InChI is InChI=1S/C21H25N3OS/c1-12(2)21-23-14(11-26-21)10-22-20(25)16-6-4-5-15-17-9-13(3)7-8-18(17)24-19(15)16/h4-6,11-13,24H,7-10H2,1-3H3,(H,22,25). The maximum atomic E-state index is 12.8. The summed E-state index contributed by atoms with van der Waals surface area (Å²) < 4.78 is 0. The van der Waals surface area contributed by atoms with Gasteiger partial charge in [0, 0.05) is 22.4 Å². The molecule has 26 heavy (non-hydrogen) atoms. The van der Waals surface area contributed by atoms with Gasteiger partial charge in [0.25, 0.3) is 5.91 Å². The van der Waals surface area contributed by atoms with E-state index in [-0.39, 0.29) is 5.91 Å². The number of carbonyl (C=O) groups is 1. The predicted octanol–water partition coefficient (Wildman–Crippen LogP) is 4.80. The van der Waals surface area contributed by atoms with Crippen LogP contribution in [0, 0.1) is 5.92 Å². The lowest BCUT2D eigenvalue weighted by Crippen LogP contribution is -2.23. The van der Waals surface area contributed by atoms with Crippen LogP contribution in [0.15, 0.2) is 23.6 Å². The number of hydrogen-bond donors (Lipinski definition) is 2. The van der Waals surface area contributed by atoms with E-state index in [0.29, 0.717) is 18.4 Å². The Morgan fingerprint density at radius 1 is 1.42 bits per heavy atom. The van der Waals surface area contributed by atoms with Crippen molar-refractivity contribution in [1.29, 1.82) is 0 Å². The van der Waals surface area contributed by atoms with Crippen LogP contribution >= 0.6 is 11.3 Å². The second-order valence-electron chi connectivity index (χ2n) is 7.67. The van der Waals surface area contributed by atoms with Crippen molar-refractivity contribution in [3.8, 4) is 0 Å². The van der Waals surface area contributed by atoms with E-state index in [1.165, 1.54) is 23.1 Å². The zero-order valence-electron chi connectivity index (χ0n) is 15.6. The first-order valence-electron chi connectivity index (χ1n) is 9.38. The van der Waals surface area contributed by atoms with Crippen LogP contribution in [-0.2, 0) is 19.4 Å². The van der Waals surface area contributed by atoms with Crippen LogP contribution in [-0.4, -0.2) is 15.9 Å². The van der Waals surface area contributed by atoms with Crippen LogP contribution in [0.1, 0.15) is 65.4 Å². The Morgan fingerprint density at radius 2 is 2.27 bits per heavy atom. The van der Waals surface area contributed by atoms with Crippen molar-refractivity contribution in [3.63, 3.8) is 0 Å². The van der Waals surface area contributed by atoms with Gasteiger partial charge in [-0.3, -0.25) is 4.79 Å². The third kappa shape index (κ3) is 3.16. The minimum Gasteiger partial charge on any atom is -0.358 e. The Morgan fingerprint density at radius 3 is 3.04 bits per heavy atom. The van der Waals surface area contributed by atoms with Crippen molar-refractivity contribution in [1.82, 2.24) is 15.3 Å². The van der Waals surface area contributed by atoms with Gasteiger partial charge in [-0.15, -0.1) is 11.3 Å². The molecule has 0 saturated heterocycles. The number of H-pyrrole nitrogens is 1. The number of carbonyl (C=O) groups excluding carboxylic acids is 1. The van der Waals surface area contributed by atoms with Crippen molar-refractivity contribution < 1.29 is 4.79 Å². The number of nitrogens with zero attached hydrogens (tertiary/aromatic N) is 1. The molecule has 2 heterocycles. The molecule has 1 aliphatic carbocycles. The molecule has 0 aliphatic heterocycles. The third-order valence-corrected chi connectivity index (χ3v) is 6.40. The fraction of sp³-hybridized carbons (Fsp3) is 0.429. The van der Waals surface area contributed by atoms with Crippen molar-refractivity contribution in [2.45, 2.75) is 52.5 Å². The van der Waals surface area contributed by atoms with Crippen LogP contribution in [0.4, 0.5) is 0 Å². The van der Waals surface area contributed by atoms with E-state index < -0.39 is 0 Å². The lowest BCUT2D eigenvalue weighted by Gasteiger charge is -2.17. The van der Waals surface area contributed by atoms with E-state index in [1.54, 1.807) is 11.3 Å². The van der Waals surface area contributed by atoms with Gasteiger partial charge in [-0.2, -0.15) is 0 Å². The number of aryl methyl sites for hydroxylation is 1. The molecule has 1 aromatic carbocycles. The minimum atomic E-state index is -0.0404. The van der Waals surface area contributed by atoms with E-state index in [1.807, 2.05) is 17.5 Å². The molecule has 1 unspecified atom stereocenters. The number of rotatable bonds is 4. The first-order valence-corrected chi connectivity index (χ1v) is 10.3. The van der Waals surface area contributed by atoms with Crippen LogP contribution in [0.5, 0.6) is 0 Å². The molecular formula is C21H25N3OS. The van der Waals surface area contributed by atoms with E-state index in [2.05, 4.69) is 42.1 Å². The molecule has 0 bridgehead atoms. The van der Waals surface area contributed by atoms with Gasteiger partial charge in [-0.25, -0.2) is 4.98 Å². The van der Waals surface area contributed by atoms with E-state index in [9.17, 15) is 4.79 Å². The highest BCUT2D eigenvalue weighted by Gasteiger charge is 2.22. The quantitative estimate of drug-likeness (QED) is 0.696. The van der Waals surface area contributed by atoms with Crippen LogP contribution in [0.3, 0.4) is 0 Å². The molecule has 136 valence electrons. The number of amides is 1. The smallest absolute Gasteiger partial charge is 0.253 e. The molecule has 4 nitrogen and oxygen atoms in total. The zero-order chi connectivity index (χ0) is 18.3. The number of aromatic nitrogens is 2. The van der Waals surface area contributed by atoms with Gasteiger partial charge in [-0.1, -0.05) is 32.9 Å². The molecule has 1 aliphatic rings. The molecule has 3 aromatic rings. The highest BCUT2D eigenvalue weighted by atomic mass is 32.1. The van der Waals surface area contributed by atoms with Crippen molar-refractivity contribution in [2.24, 2.45) is 5.92 Å². The molecule has 4 rings (SSSR count). The minimum absolute atomic E-state index is 0.0404. The molecule has 0 fully saturated rings. The summed E-state index contributed by atoms with van der Waals surface area (Å²) in [4.78, 5) is 20.9. The number of benzene rings is 1. The van der Waals surface area contributed by atoms with Gasteiger partial charge in [0.15, 0.2) is 0 Å². The van der Waals surface area contributed by atoms with Crippen molar-refractivity contribution in [2.75, 3.05) is 0 Å². The highest BCUT2D eigenvalue weighted by Crippen LogP contribution is 2.33. The van der Waals surface area contributed by atoms with Gasteiger partial charge in [0.1, 0.15) is 0 Å². The summed E-state index contributed by atoms with van der Waals surface area (Å²) in [6.07, 6.45) is 3.38. The number of para-hydroxylation sites is 1. The number of nitrogens with one attached hydrogen (secondary N) is 2. The number of aromatic amines is 1. The topological polar surface area (TPSA) is 57.8 Å². The summed E-state index contributed by atoms with van der Waals surface area (Å²) in [7, 11) is 0. The number of fused-ring (bicyclic) bond motifs is 3. The molecule has 0 saturated carbocycles. The Hall–Kier alpha value is -2.14. The first kappa shape index (κ1) is 17.3. The second-order valence-corrected chi connectivity index (χ2v) is 8.56. The van der Waals surface area contributed by atoms with Crippen LogP contribution in [0.2, 0.25) is 0 Å². The summed E-state index contributed by atoms with van der Waals surface area (Å²) in [5, 5.41) is 7.38. The fourth-order valence-corrected chi connectivity index (χ4v) is 4.57. The van der Waals surface area contributed by atoms with Crippen LogP contribution < -0.4 is 5.32 Å². The lowest BCUT2D eigenvalue weighted by atomic mass is 9.87. The molecular weight excluding hydrogens is 342 g/mol. The molecule has 2 N–H and O–H groups in total. The fourth-order valence-electron chi connectivity index (χ4n) is 3.74. The third-order valence-electron chi connectivity index (χ3n) is 5.21. The maximum Gasteiger partial charge on any atom is 0.253 e. The molecule has 1 atom stereocenters. The van der Waals surface area contributed by atoms with Gasteiger partial charge in [0.2, 0.25) is 0 Å². The summed E-state index contributed by atoms with van der Waals surface area (Å²) >= 11 is 1.66. The summed E-state index contributed by atoms with van der Waals surface area (Å²) in [6.45, 7) is 7.04. The molecule has 2 aromatic heterocycles. The van der Waals surface area contributed by atoms with Crippen molar-refractivity contribution in [3.05, 3.63) is 51.1 Å². The molecule has 0 radical (unpaired) electrons. The number of hydrogen-bond acceptors (Lipinski definition) is 3. The Balaban J connectivity index is 1.57. The highest BCUT2D eigenvalue weighted by molar-refractivity contribution is 7.09. The summed E-state index contributed by atoms with van der Waals surface area (Å²) in [5.74, 6) is 1.09. The molecule has 5 heteroatoms. The lowest BCUT2D eigenvalue weighted by molar-refractivity contribution is 0.0952.